The zero-order chi connectivity index (χ0) is 29.9. The van der Waals surface area contributed by atoms with Gasteiger partial charge in [0.15, 0.2) is 0 Å². The molecule has 45 heavy (non-hydrogen) atoms. The van der Waals surface area contributed by atoms with E-state index in [1.165, 1.54) is 54.0 Å². The smallest absolute Gasteiger partial charge is 0.137 e. The quantitative estimate of drug-likeness (QED) is 0.194. The van der Waals surface area contributed by atoms with Gasteiger partial charge in [0.25, 0.3) is 0 Å². The van der Waals surface area contributed by atoms with Gasteiger partial charge in [-0.2, -0.15) is 0 Å². The third-order valence-electron chi connectivity index (χ3n) is 9.33. The molecule has 0 radical (unpaired) electrons. The molecule has 2 nitrogen and oxygen atoms in total. The highest BCUT2D eigenvalue weighted by molar-refractivity contribution is 6.23. The monoisotopic (exact) mass is 577 g/mol. The standard InChI is InChI=1S/C43H31NO/c1-28-19-23-36-37-24-22-32(27-42(37)45-41(36)25-28)44(39-18-10-9-14-33(39)29-11-3-2-4-12-29)40-26-31-21-20-30-13-5-6-15-34(30)43(31)38-17-8-7-16-35(38)40/h2-18,20-28H,19H2,1H3. The molecule has 0 amide bonds. The minimum atomic E-state index is 0.479. The number of nitrogens with zero attached hydrogens (tertiary/aromatic N) is 1. The Kier molecular flexibility index (Phi) is 5.89. The summed E-state index contributed by atoms with van der Waals surface area (Å²) < 4.78 is 6.53. The second-order valence-corrected chi connectivity index (χ2v) is 12.2. The molecule has 7 aromatic carbocycles. The molecule has 0 spiro atoms. The van der Waals surface area contributed by atoms with Crippen LogP contribution >= 0.6 is 0 Å². The van der Waals surface area contributed by atoms with Gasteiger partial charge in [-0.3, -0.25) is 0 Å². The van der Waals surface area contributed by atoms with Gasteiger partial charge in [0.2, 0.25) is 0 Å². The van der Waals surface area contributed by atoms with Crippen LogP contribution in [0.5, 0.6) is 0 Å². The number of rotatable bonds is 4. The van der Waals surface area contributed by atoms with Crippen molar-refractivity contribution in [3.8, 4) is 11.1 Å². The fraction of sp³-hybridized carbons (Fsp3) is 0.0698. The van der Waals surface area contributed by atoms with Crippen molar-refractivity contribution in [1.29, 1.82) is 0 Å². The molecule has 0 saturated carbocycles. The number of furan rings is 1. The van der Waals surface area contributed by atoms with E-state index in [4.69, 9.17) is 4.42 Å². The maximum absolute atomic E-state index is 6.53. The lowest BCUT2D eigenvalue weighted by molar-refractivity contribution is 0.565. The van der Waals surface area contributed by atoms with Crippen LogP contribution in [0.25, 0.3) is 66.6 Å². The highest BCUT2D eigenvalue weighted by atomic mass is 16.3. The Hall–Kier alpha value is -5.60. The number of fused-ring (bicyclic) bond motifs is 8. The summed E-state index contributed by atoms with van der Waals surface area (Å²) in [5.41, 5.74) is 7.58. The first-order chi connectivity index (χ1) is 22.2. The number of hydrogen-bond donors (Lipinski definition) is 0. The second kappa shape index (κ2) is 10.2. The van der Waals surface area contributed by atoms with E-state index in [-0.39, 0.29) is 0 Å². The van der Waals surface area contributed by atoms with E-state index in [0.29, 0.717) is 5.92 Å². The molecule has 9 rings (SSSR count). The van der Waals surface area contributed by atoms with Gasteiger partial charge < -0.3 is 9.32 Å². The molecule has 1 aliphatic rings. The normalized spacial score (nSPS) is 14.4. The largest absolute Gasteiger partial charge is 0.456 e. The first-order valence-corrected chi connectivity index (χ1v) is 15.8. The molecule has 0 N–H and O–H groups in total. The van der Waals surface area contributed by atoms with Crippen LogP contribution in [0.2, 0.25) is 0 Å². The maximum atomic E-state index is 6.53. The topological polar surface area (TPSA) is 16.4 Å². The Morgan fingerprint density at radius 2 is 1.33 bits per heavy atom. The van der Waals surface area contributed by atoms with Crippen molar-refractivity contribution in [2.75, 3.05) is 4.90 Å². The van der Waals surface area contributed by atoms with Crippen LogP contribution < -0.4 is 15.5 Å². The van der Waals surface area contributed by atoms with Crippen LogP contribution in [0.4, 0.5) is 17.1 Å². The van der Waals surface area contributed by atoms with Gasteiger partial charge in [0.1, 0.15) is 11.0 Å². The van der Waals surface area contributed by atoms with Gasteiger partial charge in [-0.25, -0.2) is 0 Å². The Morgan fingerprint density at radius 3 is 2.22 bits per heavy atom. The van der Waals surface area contributed by atoms with Gasteiger partial charge in [0, 0.05) is 33.3 Å². The van der Waals surface area contributed by atoms with Crippen LogP contribution in [0.1, 0.15) is 13.3 Å². The van der Waals surface area contributed by atoms with Crippen LogP contribution in [0, 0.1) is 5.92 Å². The van der Waals surface area contributed by atoms with Crippen molar-refractivity contribution in [2.45, 2.75) is 13.3 Å². The highest BCUT2D eigenvalue weighted by Gasteiger charge is 2.22. The van der Waals surface area contributed by atoms with Crippen molar-refractivity contribution < 1.29 is 4.42 Å². The number of anilines is 3. The maximum Gasteiger partial charge on any atom is 0.137 e. The molecule has 1 unspecified atom stereocenters. The molecular weight excluding hydrogens is 546 g/mol. The molecule has 0 bridgehead atoms. The fourth-order valence-corrected chi connectivity index (χ4v) is 7.21. The lowest BCUT2D eigenvalue weighted by Gasteiger charge is -2.29. The average Bonchev–Trinajstić information content (AvgIpc) is 3.45. The van der Waals surface area contributed by atoms with Crippen LogP contribution in [-0.4, -0.2) is 0 Å². The molecule has 2 heteroatoms. The van der Waals surface area contributed by atoms with Crippen molar-refractivity contribution in [3.63, 3.8) is 0 Å². The number of benzene rings is 7. The summed E-state index contributed by atoms with van der Waals surface area (Å²) in [6.07, 6.45) is 5.63. The lowest BCUT2D eigenvalue weighted by Crippen LogP contribution is -2.24. The third-order valence-corrected chi connectivity index (χ3v) is 9.33. The van der Waals surface area contributed by atoms with E-state index >= 15 is 0 Å². The summed E-state index contributed by atoms with van der Waals surface area (Å²) in [7, 11) is 0. The third kappa shape index (κ3) is 4.17. The van der Waals surface area contributed by atoms with Crippen molar-refractivity contribution in [3.05, 3.63) is 150 Å². The van der Waals surface area contributed by atoms with E-state index < -0.39 is 0 Å². The Labute approximate surface area is 261 Å². The molecule has 214 valence electrons. The zero-order valence-electron chi connectivity index (χ0n) is 25.1. The Bertz CT molecular complexity index is 2540. The molecule has 0 aliphatic heterocycles. The SMILES string of the molecule is CC1C=c2oc3cc(N(c4ccccc4-c4ccccc4)c4cc5ccc6ccccc6c5c5ccccc45)ccc3c2=CC1. The predicted molar refractivity (Wildman–Crippen MR) is 191 cm³/mol. The fourth-order valence-electron chi connectivity index (χ4n) is 7.21. The van der Waals surface area contributed by atoms with Gasteiger partial charge >= 0.3 is 0 Å². The molecule has 1 aliphatic carbocycles. The molecule has 1 heterocycles. The predicted octanol–water partition coefficient (Wildman–Crippen LogP) is 10.6. The Morgan fingerprint density at radius 1 is 0.600 bits per heavy atom. The van der Waals surface area contributed by atoms with E-state index in [1.807, 2.05) is 0 Å². The summed E-state index contributed by atoms with van der Waals surface area (Å²) in [4.78, 5) is 2.43. The van der Waals surface area contributed by atoms with E-state index in [2.05, 4.69) is 164 Å². The molecule has 1 aromatic heterocycles. The minimum absolute atomic E-state index is 0.479. The summed E-state index contributed by atoms with van der Waals surface area (Å²) in [6, 6.07) is 50.6. The Balaban J connectivity index is 1.38. The van der Waals surface area contributed by atoms with Gasteiger partial charge in [0.05, 0.1) is 11.4 Å². The van der Waals surface area contributed by atoms with Gasteiger partial charge in [-0.1, -0.05) is 122 Å². The van der Waals surface area contributed by atoms with Crippen LogP contribution in [0.15, 0.2) is 144 Å². The first kappa shape index (κ1) is 25.9. The summed E-state index contributed by atoms with van der Waals surface area (Å²) in [6.45, 7) is 2.24. The molecule has 0 saturated heterocycles. The summed E-state index contributed by atoms with van der Waals surface area (Å²) in [5.74, 6) is 0.479. The van der Waals surface area contributed by atoms with E-state index in [9.17, 15) is 0 Å². The van der Waals surface area contributed by atoms with Crippen molar-refractivity contribution in [2.24, 2.45) is 5.92 Å². The van der Waals surface area contributed by atoms with Crippen molar-refractivity contribution >= 4 is 72.5 Å². The van der Waals surface area contributed by atoms with Crippen LogP contribution in [-0.2, 0) is 0 Å². The number of hydrogen-bond acceptors (Lipinski definition) is 2. The summed E-state index contributed by atoms with van der Waals surface area (Å²) in [5, 5.41) is 9.88. The highest BCUT2D eigenvalue weighted by Crippen LogP contribution is 2.46. The molecule has 8 aromatic rings. The number of para-hydroxylation sites is 1. The van der Waals surface area contributed by atoms with E-state index in [1.54, 1.807) is 0 Å². The molecule has 0 fully saturated rings. The zero-order valence-corrected chi connectivity index (χ0v) is 25.1. The first-order valence-electron chi connectivity index (χ1n) is 15.8. The van der Waals surface area contributed by atoms with E-state index in [0.717, 1.165) is 34.5 Å². The lowest BCUT2D eigenvalue weighted by atomic mass is 9.94. The molecule has 1 atom stereocenters. The van der Waals surface area contributed by atoms with Crippen molar-refractivity contribution in [1.82, 2.24) is 0 Å². The molecular formula is C43H31NO. The second-order valence-electron chi connectivity index (χ2n) is 12.2. The summed E-state index contributed by atoms with van der Waals surface area (Å²) >= 11 is 0. The van der Waals surface area contributed by atoms with Gasteiger partial charge in [-0.05, 0) is 75.2 Å². The van der Waals surface area contributed by atoms with Gasteiger partial charge in [-0.15, -0.1) is 0 Å². The average molecular weight is 578 g/mol. The minimum Gasteiger partial charge on any atom is -0.456 e. The van der Waals surface area contributed by atoms with Crippen LogP contribution in [0.3, 0.4) is 0 Å².